The quantitative estimate of drug-likeness (QED) is 0.183. The zero-order valence-electron chi connectivity index (χ0n) is 28.5. The van der Waals surface area contributed by atoms with Crippen molar-refractivity contribution in [1.29, 1.82) is 0 Å². The van der Waals surface area contributed by atoms with Crippen molar-refractivity contribution in [2.45, 2.75) is 38.5 Å². The third-order valence-corrected chi connectivity index (χ3v) is 11.1. The molecule has 0 heterocycles. The van der Waals surface area contributed by atoms with Crippen LogP contribution < -0.4 is 4.90 Å². The lowest BCUT2D eigenvalue weighted by Gasteiger charge is -2.30. The van der Waals surface area contributed by atoms with Gasteiger partial charge in [0.15, 0.2) is 0 Å². The minimum absolute atomic E-state index is 0.0858. The highest BCUT2D eigenvalue weighted by atomic mass is 15.1. The van der Waals surface area contributed by atoms with E-state index in [0.717, 1.165) is 5.69 Å². The molecule has 236 valence electrons. The first kappa shape index (κ1) is 29.5. The molecule has 7 aromatic rings. The summed E-state index contributed by atoms with van der Waals surface area (Å²) in [5, 5.41) is 0. The van der Waals surface area contributed by atoms with Gasteiger partial charge in [-0.25, -0.2) is 0 Å². The van der Waals surface area contributed by atoms with Gasteiger partial charge in [0.1, 0.15) is 0 Å². The molecule has 7 aromatic carbocycles. The molecule has 1 nitrogen and oxygen atoms in total. The molecule has 0 N–H and O–H groups in total. The van der Waals surface area contributed by atoms with E-state index in [4.69, 9.17) is 0 Å². The second-order valence-corrected chi connectivity index (χ2v) is 14.6. The summed E-state index contributed by atoms with van der Waals surface area (Å²) in [6.45, 7) is 9.49. The van der Waals surface area contributed by atoms with Crippen LogP contribution in [0.25, 0.3) is 44.5 Å². The maximum Gasteiger partial charge on any atom is 0.0543 e. The Morgan fingerprint density at radius 1 is 0.347 bits per heavy atom. The third-order valence-electron chi connectivity index (χ3n) is 11.1. The molecule has 9 rings (SSSR count). The summed E-state index contributed by atoms with van der Waals surface area (Å²) >= 11 is 0. The first-order chi connectivity index (χ1) is 23.8. The highest BCUT2D eigenvalue weighted by molar-refractivity contribution is 5.96. The van der Waals surface area contributed by atoms with Gasteiger partial charge in [-0.1, -0.05) is 155 Å². The van der Waals surface area contributed by atoms with E-state index in [1.165, 1.54) is 78.1 Å². The van der Waals surface area contributed by atoms with Gasteiger partial charge in [-0.15, -0.1) is 0 Å². The Bertz CT molecular complexity index is 2380. The van der Waals surface area contributed by atoms with Crippen LogP contribution in [0.1, 0.15) is 49.9 Å². The van der Waals surface area contributed by atoms with Crippen LogP contribution in [-0.2, 0) is 10.8 Å². The fraction of sp³-hybridized carbons (Fsp3) is 0.125. The standard InChI is InChI=1S/C48H39N/c1-47(2)41-22-12-11-21-40(41)46-42(47)23-14-24-45(46)49(36-20-13-19-34(29-36)32-15-7-5-8-16-32)37-26-28-39-38-27-25-35(33-17-9-6-10-18-33)30-43(38)48(3,4)44(39)31-37/h5-31H,1-4H3. The van der Waals surface area contributed by atoms with Crippen LogP contribution in [0, 0.1) is 0 Å². The third kappa shape index (κ3) is 4.53. The van der Waals surface area contributed by atoms with E-state index < -0.39 is 0 Å². The van der Waals surface area contributed by atoms with Gasteiger partial charge in [-0.2, -0.15) is 0 Å². The summed E-state index contributed by atoms with van der Waals surface area (Å²) in [6, 6.07) is 60.5. The number of hydrogen-bond acceptors (Lipinski definition) is 1. The molecule has 2 aliphatic rings. The van der Waals surface area contributed by atoms with Crippen molar-refractivity contribution < 1.29 is 0 Å². The van der Waals surface area contributed by atoms with E-state index in [1.54, 1.807) is 0 Å². The molecule has 1 heteroatoms. The van der Waals surface area contributed by atoms with Crippen molar-refractivity contribution in [1.82, 2.24) is 0 Å². The van der Waals surface area contributed by atoms with Crippen molar-refractivity contribution in [2.75, 3.05) is 4.90 Å². The Morgan fingerprint density at radius 3 is 1.61 bits per heavy atom. The Kier molecular flexibility index (Phi) is 6.58. The molecule has 0 radical (unpaired) electrons. The summed E-state index contributed by atoms with van der Waals surface area (Å²) < 4.78 is 0. The Morgan fingerprint density at radius 2 is 0.878 bits per heavy atom. The molecule has 0 saturated carbocycles. The minimum atomic E-state index is -0.156. The minimum Gasteiger partial charge on any atom is -0.310 e. The van der Waals surface area contributed by atoms with Crippen LogP contribution in [0.15, 0.2) is 164 Å². The molecule has 0 saturated heterocycles. The zero-order chi connectivity index (χ0) is 33.3. The largest absolute Gasteiger partial charge is 0.310 e. The monoisotopic (exact) mass is 629 g/mol. The van der Waals surface area contributed by atoms with Crippen LogP contribution in [0.4, 0.5) is 17.1 Å². The average Bonchev–Trinajstić information content (AvgIpc) is 3.52. The molecule has 0 bridgehead atoms. The average molecular weight is 630 g/mol. The van der Waals surface area contributed by atoms with Gasteiger partial charge in [0.25, 0.3) is 0 Å². The second-order valence-electron chi connectivity index (χ2n) is 14.6. The summed E-state index contributed by atoms with van der Waals surface area (Å²) in [6.07, 6.45) is 0. The smallest absolute Gasteiger partial charge is 0.0543 e. The van der Waals surface area contributed by atoms with Crippen LogP contribution >= 0.6 is 0 Å². The maximum absolute atomic E-state index is 2.50. The Hall–Kier alpha value is -5.66. The predicted molar refractivity (Wildman–Crippen MR) is 207 cm³/mol. The van der Waals surface area contributed by atoms with E-state index >= 15 is 0 Å². The fourth-order valence-electron chi connectivity index (χ4n) is 8.48. The molecular formula is C48H39N. The first-order valence-electron chi connectivity index (χ1n) is 17.4. The Labute approximate surface area is 290 Å². The lowest BCUT2D eigenvalue weighted by atomic mass is 9.81. The molecular weight excluding hydrogens is 591 g/mol. The summed E-state index contributed by atoms with van der Waals surface area (Å²) in [5.74, 6) is 0. The number of rotatable bonds is 5. The molecule has 0 unspecified atom stereocenters. The number of anilines is 3. The number of nitrogens with zero attached hydrogens (tertiary/aromatic N) is 1. The zero-order valence-corrected chi connectivity index (χ0v) is 28.5. The van der Waals surface area contributed by atoms with Crippen LogP contribution in [0.2, 0.25) is 0 Å². The Balaban J connectivity index is 1.25. The highest BCUT2D eigenvalue weighted by Gasteiger charge is 2.39. The van der Waals surface area contributed by atoms with Crippen LogP contribution in [0.5, 0.6) is 0 Å². The van der Waals surface area contributed by atoms with E-state index in [9.17, 15) is 0 Å². The van der Waals surface area contributed by atoms with Gasteiger partial charge in [0.05, 0.1) is 5.69 Å². The molecule has 0 aliphatic heterocycles. The SMILES string of the molecule is CC1(C)c2cc(-c3ccccc3)ccc2-c2ccc(N(c3cccc(-c4ccccc4)c3)c3cccc4c3-c3ccccc3C4(C)C)cc21. The van der Waals surface area contributed by atoms with Gasteiger partial charge in [0, 0.05) is 27.8 Å². The topological polar surface area (TPSA) is 3.24 Å². The van der Waals surface area contributed by atoms with Gasteiger partial charge in [0.2, 0.25) is 0 Å². The summed E-state index contributed by atoms with van der Waals surface area (Å²) in [5.41, 5.74) is 19.0. The lowest BCUT2D eigenvalue weighted by Crippen LogP contribution is -2.17. The van der Waals surface area contributed by atoms with Gasteiger partial charge in [-0.05, 0) is 97.6 Å². The number of hydrogen-bond donors (Lipinski definition) is 0. The number of benzene rings is 7. The molecule has 0 atom stereocenters. The van der Waals surface area contributed by atoms with Crippen molar-refractivity contribution in [3.05, 3.63) is 186 Å². The lowest BCUT2D eigenvalue weighted by molar-refractivity contribution is 0.660. The second kappa shape index (κ2) is 10.9. The molecule has 0 fully saturated rings. The van der Waals surface area contributed by atoms with Crippen LogP contribution in [-0.4, -0.2) is 0 Å². The van der Waals surface area contributed by atoms with Gasteiger partial charge >= 0.3 is 0 Å². The summed E-state index contributed by atoms with van der Waals surface area (Å²) in [4.78, 5) is 2.50. The fourth-order valence-corrected chi connectivity index (χ4v) is 8.48. The molecule has 2 aliphatic carbocycles. The highest BCUT2D eigenvalue weighted by Crippen LogP contribution is 2.56. The van der Waals surface area contributed by atoms with Crippen LogP contribution in [0.3, 0.4) is 0 Å². The maximum atomic E-state index is 2.50. The number of fused-ring (bicyclic) bond motifs is 6. The van der Waals surface area contributed by atoms with Gasteiger partial charge < -0.3 is 4.90 Å². The van der Waals surface area contributed by atoms with E-state index in [2.05, 4.69) is 196 Å². The van der Waals surface area contributed by atoms with Gasteiger partial charge in [-0.3, -0.25) is 0 Å². The van der Waals surface area contributed by atoms with E-state index in [-0.39, 0.29) is 10.8 Å². The molecule has 49 heavy (non-hydrogen) atoms. The normalized spacial score (nSPS) is 14.4. The van der Waals surface area contributed by atoms with Crippen molar-refractivity contribution in [3.8, 4) is 44.5 Å². The van der Waals surface area contributed by atoms with Crippen molar-refractivity contribution >= 4 is 17.1 Å². The van der Waals surface area contributed by atoms with E-state index in [1.807, 2.05) is 0 Å². The summed E-state index contributed by atoms with van der Waals surface area (Å²) in [7, 11) is 0. The van der Waals surface area contributed by atoms with Crippen molar-refractivity contribution in [3.63, 3.8) is 0 Å². The van der Waals surface area contributed by atoms with E-state index in [0.29, 0.717) is 0 Å². The molecule has 0 aromatic heterocycles. The first-order valence-corrected chi connectivity index (χ1v) is 17.4. The van der Waals surface area contributed by atoms with Crippen molar-refractivity contribution in [2.24, 2.45) is 0 Å². The molecule has 0 amide bonds. The predicted octanol–water partition coefficient (Wildman–Crippen LogP) is 13.1. The molecule has 0 spiro atoms.